The summed E-state index contributed by atoms with van der Waals surface area (Å²) in [5, 5.41) is 0.608. The van der Waals surface area contributed by atoms with Gasteiger partial charge in [-0.1, -0.05) is 54.1 Å². The minimum atomic E-state index is -0.486. The van der Waals surface area contributed by atoms with Crippen LogP contribution in [0.25, 0.3) is 6.08 Å². The van der Waals surface area contributed by atoms with Gasteiger partial charge in [-0.25, -0.2) is 9.79 Å². The van der Waals surface area contributed by atoms with Crippen LogP contribution >= 0.6 is 11.6 Å². The molecule has 0 saturated heterocycles. The van der Waals surface area contributed by atoms with Gasteiger partial charge in [0.2, 0.25) is 5.90 Å². The number of carbonyl (C=O) groups excluding carboxylic acids is 1. The molecule has 28 heavy (non-hydrogen) atoms. The number of carbonyl (C=O) groups is 1. The van der Waals surface area contributed by atoms with E-state index in [2.05, 4.69) is 4.99 Å². The van der Waals surface area contributed by atoms with Gasteiger partial charge in [-0.2, -0.15) is 0 Å². The molecular formula is C23H16ClNO3. The average molecular weight is 390 g/mol. The highest BCUT2D eigenvalue weighted by atomic mass is 35.5. The minimum absolute atomic E-state index is 0.241. The molecule has 0 spiro atoms. The van der Waals surface area contributed by atoms with Gasteiger partial charge in [0.25, 0.3) is 0 Å². The first-order valence-electron chi connectivity index (χ1n) is 8.73. The molecule has 0 aromatic heterocycles. The second-order valence-electron chi connectivity index (χ2n) is 6.19. The highest BCUT2D eigenvalue weighted by Crippen LogP contribution is 2.22. The Bertz CT molecular complexity index is 1060. The van der Waals surface area contributed by atoms with Gasteiger partial charge in [0.05, 0.1) is 0 Å². The number of rotatable bonds is 5. The summed E-state index contributed by atoms with van der Waals surface area (Å²) in [5.74, 6) is 0.497. The van der Waals surface area contributed by atoms with Crippen LogP contribution in [0.2, 0.25) is 5.02 Å². The van der Waals surface area contributed by atoms with Crippen molar-refractivity contribution in [1.29, 1.82) is 0 Å². The van der Waals surface area contributed by atoms with Crippen molar-refractivity contribution in [3.8, 4) is 5.75 Å². The van der Waals surface area contributed by atoms with Crippen molar-refractivity contribution in [2.24, 2.45) is 4.99 Å². The molecule has 0 N–H and O–H groups in total. The molecule has 0 saturated carbocycles. The quantitative estimate of drug-likeness (QED) is 0.441. The first-order valence-corrected chi connectivity index (χ1v) is 9.10. The van der Waals surface area contributed by atoms with Gasteiger partial charge in [-0.05, 0) is 53.6 Å². The zero-order valence-electron chi connectivity index (χ0n) is 14.8. The lowest BCUT2D eigenvalue weighted by Gasteiger charge is -2.07. The smallest absolute Gasteiger partial charge is 0.363 e. The van der Waals surface area contributed by atoms with Gasteiger partial charge in [0, 0.05) is 10.6 Å². The largest absolute Gasteiger partial charge is 0.489 e. The van der Waals surface area contributed by atoms with Gasteiger partial charge in [-0.3, -0.25) is 0 Å². The third kappa shape index (κ3) is 4.30. The van der Waals surface area contributed by atoms with Crippen LogP contribution in [0.3, 0.4) is 0 Å². The number of halogens is 1. The Kier molecular flexibility index (Phi) is 5.22. The van der Waals surface area contributed by atoms with Gasteiger partial charge in [0.15, 0.2) is 5.70 Å². The Labute approximate surface area is 167 Å². The Morgan fingerprint density at radius 2 is 1.75 bits per heavy atom. The van der Waals surface area contributed by atoms with Crippen LogP contribution in [0, 0.1) is 0 Å². The third-order valence-corrected chi connectivity index (χ3v) is 4.37. The van der Waals surface area contributed by atoms with E-state index in [0.29, 0.717) is 22.9 Å². The van der Waals surface area contributed by atoms with Crippen molar-refractivity contribution >= 4 is 29.5 Å². The summed E-state index contributed by atoms with van der Waals surface area (Å²) in [4.78, 5) is 16.5. The average Bonchev–Trinajstić information content (AvgIpc) is 3.08. The number of nitrogens with zero attached hydrogens (tertiary/aromatic N) is 1. The molecule has 4 nitrogen and oxygen atoms in total. The van der Waals surface area contributed by atoms with Crippen LogP contribution in [-0.2, 0) is 16.1 Å². The summed E-state index contributed by atoms with van der Waals surface area (Å²) in [6, 6.07) is 24.4. The number of ether oxygens (including phenoxy) is 2. The van der Waals surface area contributed by atoms with E-state index in [1.54, 1.807) is 30.3 Å². The standard InChI is InChI=1S/C23H16ClNO3/c24-19-11-9-18(10-12-19)22-25-21(23(26)28-22)14-17-7-4-8-20(13-17)27-15-16-5-2-1-3-6-16/h1-14H,15H2/b21-14+. The summed E-state index contributed by atoms with van der Waals surface area (Å²) in [5.41, 5.74) is 2.83. The van der Waals surface area contributed by atoms with E-state index in [-0.39, 0.29) is 11.6 Å². The van der Waals surface area contributed by atoms with Crippen LogP contribution in [0.15, 0.2) is 89.6 Å². The second-order valence-corrected chi connectivity index (χ2v) is 6.63. The van der Waals surface area contributed by atoms with Gasteiger partial charge in [-0.15, -0.1) is 0 Å². The Morgan fingerprint density at radius 1 is 0.964 bits per heavy atom. The van der Waals surface area contributed by atoms with Crippen molar-refractivity contribution < 1.29 is 14.3 Å². The Balaban J connectivity index is 1.51. The fourth-order valence-electron chi connectivity index (χ4n) is 2.72. The number of esters is 1. The zero-order chi connectivity index (χ0) is 19.3. The lowest BCUT2D eigenvalue weighted by Crippen LogP contribution is -2.05. The van der Waals surface area contributed by atoms with Crippen LogP contribution in [0.5, 0.6) is 5.75 Å². The molecule has 1 heterocycles. The predicted molar refractivity (Wildman–Crippen MR) is 109 cm³/mol. The monoisotopic (exact) mass is 389 g/mol. The summed E-state index contributed by atoms with van der Waals surface area (Å²) < 4.78 is 11.1. The first kappa shape index (κ1) is 18.0. The predicted octanol–water partition coefficient (Wildman–Crippen LogP) is 5.26. The van der Waals surface area contributed by atoms with Crippen molar-refractivity contribution in [3.63, 3.8) is 0 Å². The van der Waals surface area contributed by atoms with Crippen molar-refractivity contribution in [2.45, 2.75) is 6.61 Å². The lowest BCUT2D eigenvalue weighted by atomic mass is 10.2. The molecule has 0 bridgehead atoms. The van der Waals surface area contributed by atoms with Gasteiger partial charge < -0.3 is 9.47 Å². The molecule has 138 valence electrons. The van der Waals surface area contributed by atoms with Crippen LogP contribution < -0.4 is 4.74 Å². The fourth-order valence-corrected chi connectivity index (χ4v) is 2.84. The number of hydrogen-bond acceptors (Lipinski definition) is 4. The number of benzene rings is 3. The summed E-state index contributed by atoms with van der Waals surface area (Å²) in [6.07, 6.45) is 1.68. The van der Waals surface area contributed by atoms with Crippen LogP contribution in [0.4, 0.5) is 0 Å². The maximum Gasteiger partial charge on any atom is 0.363 e. The number of cyclic esters (lactones) is 1. The van der Waals surface area contributed by atoms with E-state index in [1.165, 1.54) is 0 Å². The highest BCUT2D eigenvalue weighted by molar-refractivity contribution is 6.30. The van der Waals surface area contributed by atoms with E-state index < -0.39 is 5.97 Å². The molecule has 0 radical (unpaired) electrons. The van der Waals surface area contributed by atoms with Crippen molar-refractivity contribution in [3.05, 3.63) is 106 Å². The lowest BCUT2D eigenvalue weighted by molar-refractivity contribution is -0.129. The molecule has 0 atom stereocenters. The summed E-state index contributed by atoms with van der Waals surface area (Å²) >= 11 is 5.89. The van der Waals surface area contributed by atoms with Gasteiger partial charge in [0.1, 0.15) is 12.4 Å². The molecule has 1 aliphatic heterocycles. The normalized spacial score (nSPS) is 14.7. The third-order valence-electron chi connectivity index (χ3n) is 4.12. The molecule has 0 fully saturated rings. The van der Waals surface area contributed by atoms with Crippen LogP contribution in [-0.4, -0.2) is 11.9 Å². The molecule has 0 aliphatic carbocycles. The topological polar surface area (TPSA) is 47.9 Å². The zero-order valence-corrected chi connectivity index (χ0v) is 15.6. The van der Waals surface area contributed by atoms with E-state index >= 15 is 0 Å². The molecule has 3 aromatic rings. The number of hydrogen-bond donors (Lipinski definition) is 0. The number of aliphatic imine (C=N–C) groups is 1. The molecule has 4 rings (SSSR count). The molecule has 1 aliphatic rings. The maximum atomic E-state index is 12.2. The molecule has 0 amide bonds. The van der Waals surface area contributed by atoms with E-state index in [9.17, 15) is 4.79 Å². The Hall–Kier alpha value is -3.37. The summed E-state index contributed by atoms with van der Waals surface area (Å²) in [7, 11) is 0. The van der Waals surface area contributed by atoms with Crippen molar-refractivity contribution in [2.75, 3.05) is 0 Å². The van der Waals surface area contributed by atoms with Crippen LogP contribution in [0.1, 0.15) is 16.7 Å². The molecule has 5 heteroatoms. The first-order chi connectivity index (χ1) is 13.7. The van der Waals surface area contributed by atoms with Gasteiger partial charge >= 0.3 is 5.97 Å². The maximum absolute atomic E-state index is 12.2. The summed E-state index contributed by atoms with van der Waals surface area (Å²) in [6.45, 7) is 0.474. The molecule has 0 unspecified atom stereocenters. The van der Waals surface area contributed by atoms with E-state index in [0.717, 1.165) is 11.1 Å². The van der Waals surface area contributed by atoms with Crippen molar-refractivity contribution in [1.82, 2.24) is 0 Å². The van der Waals surface area contributed by atoms with E-state index in [1.807, 2.05) is 54.6 Å². The Morgan fingerprint density at radius 3 is 2.54 bits per heavy atom. The second kappa shape index (κ2) is 8.11. The fraction of sp³-hybridized carbons (Fsp3) is 0.0435. The minimum Gasteiger partial charge on any atom is -0.489 e. The highest BCUT2D eigenvalue weighted by Gasteiger charge is 2.24. The van der Waals surface area contributed by atoms with E-state index in [4.69, 9.17) is 21.1 Å². The molecule has 3 aromatic carbocycles. The SMILES string of the molecule is O=C1OC(c2ccc(Cl)cc2)=N/C1=C/c1cccc(OCc2ccccc2)c1. The molecular weight excluding hydrogens is 374 g/mol.